The van der Waals surface area contributed by atoms with Gasteiger partial charge >= 0.3 is 5.63 Å². The summed E-state index contributed by atoms with van der Waals surface area (Å²) in [5.74, 6) is 1.43. The van der Waals surface area contributed by atoms with Gasteiger partial charge in [0.05, 0.1) is 14.2 Å². The van der Waals surface area contributed by atoms with Crippen LogP contribution in [0.4, 0.5) is 0 Å². The van der Waals surface area contributed by atoms with Crippen LogP contribution < -0.4 is 15.1 Å². The summed E-state index contributed by atoms with van der Waals surface area (Å²) in [6.45, 7) is 1.22. The highest BCUT2D eigenvalue weighted by molar-refractivity contribution is 5.81. The molecule has 0 aliphatic heterocycles. The summed E-state index contributed by atoms with van der Waals surface area (Å²) in [6, 6.07) is 12.1. The molecule has 0 aliphatic rings. The first-order valence-corrected chi connectivity index (χ1v) is 8.15. The first-order valence-electron chi connectivity index (χ1n) is 8.15. The van der Waals surface area contributed by atoms with Gasteiger partial charge in [-0.15, -0.1) is 0 Å². The highest BCUT2D eigenvalue weighted by Crippen LogP contribution is 2.28. The lowest BCUT2D eigenvalue weighted by Gasteiger charge is -2.18. The average molecular weight is 355 g/mol. The van der Waals surface area contributed by atoms with E-state index >= 15 is 0 Å². The Bertz CT molecular complexity index is 980. The van der Waals surface area contributed by atoms with E-state index in [1.165, 1.54) is 12.1 Å². The van der Waals surface area contributed by atoms with Crippen molar-refractivity contribution in [2.75, 3.05) is 21.3 Å². The molecule has 0 bridgehead atoms. The predicted molar refractivity (Wildman–Crippen MR) is 98.9 cm³/mol. The molecule has 1 heterocycles. The maximum atomic E-state index is 11.8. The Morgan fingerprint density at radius 3 is 2.50 bits per heavy atom. The second-order valence-corrected chi connectivity index (χ2v) is 6.13. The summed E-state index contributed by atoms with van der Waals surface area (Å²) in [7, 11) is 5.18. The van der Waals surface area contributed by atoms with Gasteiger partial charge in [-0.1, -0.05) is 6.07 Å². The van der Waals surface area contributed by atoms with Crippen molar-refractivity contribution in [3.05, 3.63) is 64.0 Å². The maximum absolute atomic E-state index is 11.8. The van der Waals surface area contributed by atoms with Crippen molar-refractivity contribution in [1.29, 1.82) is 0 Å². The smallest absolute Gasteiger partial charge is 0.336 e. The Balaban J connectivity index is 1.83. The van der Waals surface area contributed by atoms with E-state index in [4.69, 9.17) is 13.9 Å². The normalized spacial score (nSPS) is 11.1. The summed E-state index contributed by atoms with van der Waals surface area (Å²) in [5.41, 5.74) is 1.86. The van der Waals surface area contributed by atoms with E-state index in [1.54, 1.807) is 26.4 Å². The molecule has 0 amide bonds. The Kier molecular flexibility index (Phi) is 5.14. The third-order valence-corrected chi connectivity index (χ3v) is 4.15. The number of phenolic OH excluding ortho intramolecular Hbond substituents is 1. The van der Waals surface area contributed by atoms with Gasteiger partial charge in [0.2, 0.25) is 0 Å². The Hall–Kier alpha value is -2.99. The molecule has 0 saturated heterocycles. The van der Waals surface area contributed by atoms with Crippen LogP contribution in [0.15, 0.2) is 51.7 Å². The van der Waals surface area contributed by atoms with Crippen LogP contribution in [0, 0.1) is 0 Å². The van der Waals surface area contributed by atoms with Crippen molar-refractivity contribution in [3.63, 3.8) is 0 Å². The van der Waals surface area contributed by atoms with Crippen molar-refractivity contribution < 1.29 is 19.0 Å². The molecule has 136 valence electrons. The van der Waals surface area contributed by atoms with Crippen LogP contribution in [0.1, 0.15) is 11.1 Å². The van der Waals surface area contributed by atoms with Gasteiger partial charge in [-0.2, -0.15) is 0 Å². The molecule has 1 aromatic heterocycles. The fraction of sp³-hybridized carbons (Fsp3) is 0.250. The van der Waals surface area contributed by atoms with Crippen molar-refractivity contribution in [2.24, 2.45) is 0 Å². The lowest BCUT2D eigenvalue weighted by Crippen LogP contribution is -2.18. The Morgan fingerprint density at radius 1 is 1.00 bits per heavy atom. The van der Waals surface area contributed by atoms with Gasteiger partial charge in [0.15, 0.2) is 11.5 Å². The van der Waals surface area contributed by atoms with Crippen LogP contribution in [0.2, 0.25) is 0 Å². The topological polar surface area (TPSA) is 72.1 Å². The van der Waals surface area contributed by atoms with Crippen LogP contribution >= 0.6 is 0 Å². The summed E-state index contributed by atoms with van der Waals surface area (Å²) in [5, 5.41) is 10.4. The minimum atomic E-state index is -0.433. The number of rotatable bonds is 6. The fourth-order valence-corrected chi connectivity index (χ4v) is 2.99. The second-order valence-electron chi connectivity index (χ2n) is 6.13. The summed E-state index contributed by atoms with van der Waals surface area (Å²) in [6.07, 6.45) is 0. The lowest BCUT2D eigenvalue weighted by atomic mass is 10.1. The zero-order valence-electron chi connectivity index (χ0n) is 15.0. The van der Waals surface area contributed by atoms with Gasteiger partial charge in [0.25, 0.3) is 0 Å². The molecule has 0 radical (unpaired) electrons. The van der Waals surface area contributed by atoms with E-state index in [-0.39, 0.29) is 5.75 Å². The Labute approximate surface area is 151 Å². The standard InChI is InChI=1S/C20H21NO5/c1-21(11-13-4-7-17(24-2)19(8-13)25-3)12-14-9-20(23)26-18-10-15(22)5-6-16(14)18/h4-10,22H,11-12H2,1-3H3. The largest absolute Gasteiger partial charge is 0.508 e. The molecule has 0 atom stereocenters. The number of hydrogen-bond acceptors (Lipinski definition) is 6. The van der Waals surface area contributed by atoms with Crippen molar-refractivity contribution in [1.82, 2.24) is 4.90 Å². The quantitative estimate of drug-likeness (QED) is 0.685. The number of fused-ring (bicyclic) bond motifs is 1. The molecule has 3 rings (SSSR count). The molecule has 26 heavy (non-hydrogen) atoms. The molecule has 0 unspecified atom stereocenters. The minimum absolute atomic E-state index is 0.0662. The summed E-state index contributed by atoms with van der Waals surface area (Å²) < 4.78 is 15.8. The van der Waals surface area contributed by atoms with E-state index < -0.39 is 5.63 Å². The summed E-state index contributed by atoms with van der Waals surface area (Å²) in [4.78, 5) is 13.9. The van der Waals surface area contributed by atoms with Crippen LogP contribution in [-0.2, 0) is 13.1 Å². The molecular weight excluding hydrogens is 334 g/mol. The first-order chi connectivity index (χ1) is 12.5. The van der Waals surface area contributed by atoms with E-state index in [1.807, 2.05) is 25.2 Å². The lowest BCUT2D eigenvalue weighted by molar-refractivity contribution is 0.316. The number of hydrogen-bond donors (Lipinski definition) is 1. The molecule has 0 aliphatic carbocycles. The van der Waals surface area contributed by atoms with Crippen LogP contribution in [0.25, 0.3) is 11.0 Å². The average Bonchev–Trinajstić information content (AvgIpc) is 2.60. The number of aromatic hydroxyl groups is 1. The SMILES string of the molecule is COc1ccc(CN(C)Cc2cc(=O)oc3cc(O)ccc23)cc1OC. The highest BCUT2D eigenvalue weighted by atomic mass is 16.5. The number of methoxy groups -OCH3 is 2. The molecule has 3 aromatic rings. The molecule has 0 saturated carbocycles. The summed E-state index contributed by atoms with van der Waals surface area (Å²) >= 11 is 0. The van der Waals surface area contributed by atoms with E-state index in [2.05, 4.69) is 4.90 Å². The molecule has 0 fully saturated rings. The Morgan fingerprint density at radius 2 is 1.77 bits per heavy atom. The highest BCUT2D eigenvalue weighted by Gasteiger charge is 2.11. The first kappa shape index (κ1) is 17.8. The van der Waals surface area contributed by atoms with Gasteiger partial charge < -0.3 is 19.0 Å². The van der Waals surface area contributed by atoms with Gasteiger partial charge in [-0.25, -0.2) is 4.79 Å². The number of phenols is 1. The maximum Gasteiger partial charge on any atom is 0.336 e. The van der Waals surface area contributed by atoms with E-state index in [0.717, 1.165) is 16.5 Å². The molecule has 1 N–H and O–H groups in total. The molecule has 0 spiro atoms. The number of ether oxygens (including phenoxy) is 2. The van der Waals surface area contributed by atoms with Crippen molar-refractivity contribution in [3.8, 4) is 17.2 Å². The van der Waals surface area contributed by atoms with E-state index in [9.17, 15) is 9.90 Å². The van der Waals surface area contributed by atoms with Crippen LogP contribution in [-0.4, -0.2) is 31.3 Å². The molecule has 2 aromatic carbocycles. The van der Waals surface area contributed by atoms with Gasteiger partial charge in [-0.05, 0) is 42.4 Å². The molecular formula is C20H21NO5. The zero-order valence-corrected chi connectivity index (χ0v) is 15.0. The number of nitrogens with zero attached hydrogens (tertiary/aromatic N) is 1. The fourth-order valence-electron chi connectivity index (χ4n) is 2.99. The zero-order chi connectivity index (χ0) is 18.7. The van der Waals surface area contributed by atoms with Gasteiger partial charge in [-0.3, -0.25) is 4.90 Å². The molecule has 6 nitrogen and oxygen atoms in total. The number of benzene rings is 2. The van der Waals surface area contributed by atoms with Gasteiger partial charge in [0, 0.05) is 30.6 Å². The van der Waals surface area contributed by atoms with Gasteiger partial charge in [0.1, 0.15) is 11.3 Å². The van der Waals surface area contributed by atoms with Crippen LogP contribution in [0.5, 0.6) is 17.2 Å². The molecule has 6 heteroatoms. The van der Waals surface area contributed by atoms with E-state index in [0.29, 0.717) is 30.2 Å². The van der Waals surface area contributed by atoms with Crippen molar-refractivity contribution >= 4 is 11.0 Å². The second kappa shape index (κ2) is 7.49. The van der Waals surface area contributed by atoms with Crippen molar-refractivity contribution in [2.45, 2.75) is 13.1 Å². The monoisotopic (exact) mass is 355 g/mol. The third-order valence-electron chi connectivity index (χ3n) is 4.15. The van der Waals surface area contributed by atoms with Crippen LogP contribution in [0.3, 0.4) is 0 Å². The minimum Gasteiger partial charge on any atom is -0.508 e. The third kappa shape index (κ3) is 3.81. The predicted octanol–water partition coefficient (Wildman–Crippen LogP) is 3.15.